The third-order valence-electron chi connectivity index (χ3n) is 15.8. The highest BCUT2D eigenvalue weighted by molar-refractivity contribution is 7.19. The molecule has 0 aliphatic heterocycles. The molecule has 84 heavy (non-hydrogen) atoms. The second kappa shape index (κ2) is 21.4. The molecule has 408 valence electrons. The quantitative estimate of drug-likeness (QED) is 0.0736. The zero-order chi connectivity index (χ0) is 57.7. The molecule has 2 heterocycles. The van der Waals surface area contributed by atoms with E-state index >= 15 is 13.2 Å². The lowest BCUT2D eigenvalue weighted by Crippen LogP contribution is -2.74. The van der Waals surface area contributed by atoms with Crippen LogP contribution in [0.15, 0.2) is 267 Å². The average Bonchev–Trinajstić information content (AvgIpc) is 3.87. The molecule has 13 aromatic rings. The molecule has 0 aliphatic carbocycles. The second-order valence-corrected chi connectivity index (χ2v) is 24.9. The molecule has 0 spiro atoms. The predicted molar refractivity (Wildman–Crippen MR) is 330 cm³/mol. The van der Waals surface area contributed by atoms with Crippen LogP contribution >= 0.6 is 0 Å². The van der Waals surface area contributed by atoms with Crippen LogP contribution in [0.4, 0.5) is 26.3 Å². The number of halogens is 6. The summed E-state index contributed by atoms with van der Waals surface area (Å²) in [6, 6.07) is 85.7. The van der Waals surface area contributed by atoms with E-state index in [2.05, 4.69) is 114 Å². The molecule has 11 aromatic carbocycles. The lowest BCUT2D eigenvalue weighted by Gasteiger charge is -2.34. The van der Waals surface area contributed by atoms with Gasteiger partial charge in [-0.1, -0.05) is 218 Å². The van der Waals surface area contributed by atoms with Gasteiger partial charge < -0.3 is 4.57 Å². The van der Waals surface area contributed by atoms with Crippen LogP contribution in [0.2, 0.25) is 0 Å². The zero-order valence-electron chi connectivity index (χ0n) is 45.5. The molecule has 0 bridgehead atoms. The summed E-state index contributed by atoms with van der Waals surface area (Å²) in [5.41, 5.74) is 6.94. The molecule has 0 N–H and O–H groups in total. The number of rotatable bonds is 11. The Kier molecular flexibility index (Phi) is 13.6. The summed E-state index contributed by atoms with van der Waals surface area (Å²) in [5, 5.41) is 6.11. The van der Waals surface area contributed by atoms with E-state index in [-0.39, 0.29) is 5.56 Å². The van der Waals surface area contributed by atoms with Crippen molar-refractivity contribution in [3.05, 3.63) is 289 Å². The Morgan fingerprint density at radius 3 is 1.29 bits per heavy atom. The Morgan fingerprint density at radius 2 is 0.774 bits per heavy atom. The van der Waals surface area contributed by atoms with Gasteiger partial charge in [-0.3, -0.25) is 0 Å². The third kappa shape index (κ3) is 9.75. The fourth-order valence-electron chi connectivity index (χ4n) is 11.9. The molecule has 0 fully saturated rings. The first kappa shape index (κ1) is 53.3. The summed E-state index contributed by atoms with van der Waals surface area (Å²) in [6.07, 6.45) is -9.20. The fourth-order valence-corrected chi connectivity index (χ4v) is 16.7. The molecule has 0 aliphatic rings. The molecular weight excluding hydrogens is 1070 g/mol. The zero-order valence-corrected chi connectivity index (χ0v) is 46.5. The van der Waals surface area contributed by atoms with Crippen molar-refractivity contribution >= 4 is 50.6 Å². The van der Waals surface area contributed by atoms with E-state index < -0.39 is 31.6 Å². The van der Waals surface area contributed by atoms with E-state index in [1.165, 1.54) is 27.7 Å². The van der Waals surface area contributed by atoms with E-state index in [0.29, 0.717) is 78.3 Å². The first-order chi connectivity index (χ1) is 40.7. The predicted octanol–water partition coefficient (Wildman–Crippen LogP) is 17.0. The minimum Gasteiger partial charge on any atom is -0.308 e. The summed E-state index contributed by atoms with van der Waals surface area (Å²) in [6.45, 7) is 3.28. The van der Waals surface area contributed by atoms with Gasteiger partial charge in [0.05, 0.1) is 27.8 Å². The van der Waals surface area contributed by atoms with Crippen molar-refractivity contribution < 1.29 is 26.3 Å². The molecule has 0 radical (unpaired) electrons. The molecule has 0 amide bonds. The minimum absolute atomic E-state index is 0.0152. The number of nitrogens with zero attached hydrogens (tertiary/aromatic N) is 4. The number of hydrogen-bond acceptors (Lipinski definition) is 3. The molecule has 11 heteroatoms. The van der Waals surface area contributed by atoms with Gasteiger partial charge in [-0.25, -0.2) is 15.0 Å². The van der Waals surface area contributed by atoms with Gasteiger partial charge >= 0.3 is 12.4 Å². The maximum Gasteiger partial charge on any atom is 0.417 e. The van der Waals surface area contributed by atoms with Crippen molar-refractivity contribution in [1.29, 1.82) is 0 Å². The van der Waals surface area contributed by atoms with Gasteiger partial charge in [0, 0.05) is 27.5 Å². The first-order valence-corrected chi connectivity index (χ1v) is 29.5. The molecular formula is C73H50F6N4Si. The smallest absolute Gasteiger partial charge is 0.308 e. The fraction of sp³-hybridized carbons (Fsp3) is 0.0548. The molecule has 4 nitrogen and oxygen atoms in total. The van der Waals surface area contributed by atoms with E-state index in [1.807, 2.05) is 109 Å². The maximum atomic E-state index is 15.0. The van der Waals surface area contributed by atoms with Gasteiger partial charge in [0.2, 0.25) is 0 Å². The van der Waals surface area contributed by atoms with Crippen molar-refractivity contribution in [1.82, 2.24) is 19.5 Å². The van der Waals surface area contributed by atoms with Crippen LogP contribution in [0.3, 0.4) is 0 Å². The number of benzene rings is 11. The van der Waals surface area contributed by atoms with Crippen molar-refractivity contribution in [2.45, 2.75) is 26.2 Å². The third-order valence-corrected chi connectivity index (χ3v) is 20.6. The van der Waals surface area contributed by atoms with Gasteiger partial charge in [0.1, 0.15) is 0 Å². The highest BCUT2D eigenvalue weighted by Crippen LogP contribution is 2.44. The van der Waals surface area contributed by atoms with E-state index in [0.717, 1.165) is 45.6 Å². The van der Waals surface area contributed by atoms with Crippen LogP contribution in [0.25, 0.3) is 95.0 Å². The Hall–Kier alpha value is -9.97. The summed E-state index contributed by atoms with van der Waals surface area (Å²) in [5.74, 6) is 1.28. The second-order valence-electron chi connectivity index (χ2n) is 21.1. The van der Waals surface area contributed by atoms with Crippen LogP contribution in [-0.2, 0) is 12.4 Å². The summed E-state index contributed by atoms with van der Waals surface area (Å²) < 4.78 is 89.3. The molecule has 0 saturated heterocycles. The van der Waals surface area contributed by atoms with Crippen molar-refractivity contribution in [3.8, 4) is 73.2 Å². The van der Waals surface area contributed by atoms with E-state index in [4.69, 9.17) is 15.0 Å². The van der Waals surface area contributed by atoms with E-state index in [9.17, 15) is 13.2 Å². The highest BCUT2D eigenvalue weighted by atomic mass is 28.3. The number of hydrogen-bond donors (Lipinski definition) is 0. The molecule has 0 atom stereocenters. The van der Waals surface area contributed by atoms with Crippen LogP contribution in [0, 0.1) is 13.8 Å². The minimum atomic E-state index is -4.66. The molecule has 13 rings (SSSR count). The number of alkyl halides is 6. The van der Waals surface area contributed by atoms with Gasteiger partial charge in [-0.2, -0.15) is 26.3 Å². The van der Waals surface area contributed by atoms with E-state index in [1.54, 1.807) is 32.0 Å². The first-order valence-electron chi connectivity index (χ1n) is 27.5. The van der Waals surface area contributed by atoms with Gasteiger partial charge in [-0.15, -0.1) is 0 Å². The Balaban J connectivity index is 1.11. The van der Waals surface area contributed by atoms with Crippen LogP contribution in [0.5, 0.6) is 0 Å². The van der Waals surface area contributed by atoms with Crippen LogP contribution in [0.1, 0.15) is 22.3 Å². The SMILES string of the molecule is Cc1ccc(-c2ccc3c(c2)c2cc(-c4ccc(C(F)(F)F)cc4C)ccc2n3-c2cc(-c3cccc([Si](c4ccccc4)(c4ccccc4)c4ccccc4)c3)ccc2-c2nc(-c3ccccc3)nc(-c3ccccc3)n2)c(C(F)(F)F)c1. The summed E-state index contributed by atoms with van der Waals surface area (Å²) in [4.78, 5) is 15.5. The van der Waals surface area contributed by atoms with Crippen molar-refractivity contribution in [2.24, 2.45) is 0 Å². The Bertz CT molecular complexity index is 4430. The Labute approximate surface area is 482 Å². The van der Waals surface area contributed by atoms with Crippen molar-refractivity contribution in [3.63, 3.8) is 0 Å². The van der Waals surface area contributed by atoms with Crippen LogP contribution < -0.4 is 20.7 Å². The average molecular weight is 1130 g/mol. The number of aromatic nitrogens is 4. The molecule has 0 unspecified atom stereocenters. The molecule has 0 saturated carbocycles. The summed E-state index contributed by atoms with van der Waals surface area (Å²) in [7, 11) is -3.01. The van der Waals surface area contributed by atoms with Gasteiger partial charge in [-0.05, 0) is 128 Å². The highest BCUT2D eigenvalue weighted by Gasteiger charge is 2.42. The van der Waals surface area contributed by atoms with Gasteiger partial charge in [0.15, 0.2) is 25.5 Å². The standard InChI is InChI=1S/C73H50F6N4Si/c1-47-31-36-61(65(41-47)73(77,78)79)54-34-40-67-64(45-54)63-44-53(60-38-35-55(42-48(60)2)72(74,75)76)33-39-66(63)83(67)68-46-52(32-37-62(68)71-81-69(49-19-8-3-9-20-49)80-70(82-71)50-21-10-4-11-22-50)51-23-18-30-59(43-51)84(56-24-12-5-13-25-56,57-26-14-6-15-27-57)58-28-16-7-17-29-58/h3-46H,1-2H3. The lowest BCUT2D eigenvalue weighted by molar-refractivity contribution is -0.138. The topological polar surface area (TPSA) is 43.6 Å². The summed E-state index contributed by atoms with van der Waals surface area (Å²) >= 11 is 0. The van der Waals surface area contributed by atoms with Crippen LogP contribution in [-0.4, -0.2) is 27.6 Å². The Morgan fingerprint density at radius 1 is 0.333 bits per heavy atom. The largest absolute Gasteiger partial charge is 0.417 e. The molecule has 2 aromatic heterocycles. The maximum absolute atomic E-state index is 15.0. The lowest BCUT2D eigenvalue weighted by atomic mass is 9.95. The number of aryl methyl sites for hydroxylation is 2. The van der Waals surface area contributed by atoms with Crippen molar-refractivity contribution in [2.75, 3.05) is 0 Å². The number of fused-ring (bicyclic) bond motifs is 3. The normalized spacial score (nSPS) is 12.0. The monoisotopic (exact) mass is 1120 g/mol. The van der Waals surface area contributed by atoms with Gasteiger partial charge in [0.25, 0.3) is 0 Å².